The number of nitrogens with zero attached hydrogens (tertiary/aromatic N) is 1. The smallest absolute Gasteiger partial charge is 0.319 e. The molecule has 1 fully saturated rings. The second-order valence-electron chi connectivity index (χ2n) is 7.91. The molecular formula is C21H27ClN4O3S. The molecule has 30 heavy (non-hydrogen) atoms. The van der Waals surface area contributed by atoms with Crippen LogP contribution in [0, 0.1) is 11.8 Å². The summed E-state index contributed by atoms with van der Waals surface area (Å²) >= 11 is 6.44. The van der Waals surface area contributed by atoms with Gasteiger partial charge < -0.3 is 10.6 Å². The molecule has 0 bridgehead atoms. The van der Waals surface area contributed by atoms with Crippen LogP contribution in [0.4, 0.5) is 10.5 Å². The normalized spacial score (nSPS) is 24.2. The largest absolute Gasteiger partial charge is 0.334 e. The fourth-order valence-electron chi connectivity index (χ4n) is 3.78. The zero-order chi connectivity index (χ0) is 21.7. The van der Waals surface area contributed by atoms with E-state index in [1.807, 2.05) is 13.0 Å². The van der Waals surface area contributed by atoms with Gasteiger partial charge in [-0.25, -0.2) is 17.9 Å². The number of rotatable bonds is 6. The summed E-state index contributed by atoms with van der Waals surface area (Å²) < 4.78 is 28.3. The Morgan fingerprint density at radius 3 is 2.53 bits per heavy atom. The van der Waals surface area contributed by atoms with E-state index in [9.17, 15) is 13.2 Å². The van der Waals surface area contributed by atoms with E-state index in [4.69, 9.17) is 11.6 Å². The lowest BCUT2D eigenvalue weighted by atomic mass is 9.80. The van der Waals surface area contributed by atoms with Gasteiger partial charge in [0.2, 0.25) is 10.0 Å². The molecule has 3 rings (SSSR count). The van der Waals surface area contributed by atoms with Gasteiger partial charge in [-0.15, -0.1) is 11.6 Å². The Morgan fingerprint density at radius 2 is 1.90 bits per heavy atom. The number of carbonyl (C=O) groups is 1. The van der Waals surface area contributed by atoms with Gasteiger partial charge in [0.15, 0.2) is 0 Å². The summed E-state index contributed by atoms with van der Waals surface area (Å²) in [6, 6.07) is 9.02. The van der Waals surface area contributed by atoms with Crippen molar-refractivity contribution in [3.8, 4) is 0 Å². The van der Waals surface area contributed by atoms with E-state index in [2.05, 4.69) is 27.3 Å². The molecule has 9 heteroatoms. The molecule has 2 aromatic rings. The van der Waals surface area contributed by atoms with Gasteiger partial charge in [-0.1, -0.05) is 19.9 Å². The SMILES string of the molecule is CC1CC(C)C(NS(=O)(=O)c2ccc(NC(=O)NCc3cccnc3)cc2)C(Cl)C1. The highest BCUT2D eigenvalue weighted by Crippen LogP contribution is 2.33. The first-order valence-corrected chi connectivity index (χ1v) is 11.9. The highest BCUT2D eigenvalue weighted by molar-refractivity contribution is 7.89. The summed E-state index contributed by atoms with van der Waals surface area (Å²) in [5.74, 6) is 0.647. The van der Waals surface area contributed by atoms with E-state index in [0.29, 0.717) is 18.2 Å². The van der Waals surface area contributed by atoms with E-state index < -0.39 is 10.0 Å². The second-order valence-corrected chi connectivity index (χ2v) is 10.2. The molecule has 1 heterocycles. The van der Waals surface area contributed by atoms with Crippen LogP contribution < -0.4 is 15.4 Å². The second kappa shape index (κ2) is 9.76. The van der Waals surface area contributed by atoms with Crippen LogP contribution in [0.25, 0.3) is 0 Å². The molecule has 0 aliphatic heterocycles. The van der Waals surface area contributed by atoms with Gasteiger partial charge in [-0.05, 0) is 60.6 Å². The van der Waals surface area contributed by atoms with Gasteiger partial charge >= 0.3 is 6.03 Å². The lowest BCUT2D eigenvalue weighted by Gasteiger charge is -2.36. The number of anilines is 1. The van der Waals surface area contributed by atoms with Crippen LogP contribution >= 0.6 is 11.6 Å². The molecule has 1 aliphatic carbocycles. The zero-order valence-electron chi connectivity index (χ0n) is 17.0. The summed E-state index contributed by atoms with van der Waals surface area (Å²) in [5, 5.41) is 5.18. The number of urea groups is 1. The number of hydrogen-bond donors (Lipinski definition) is 3. The lowest BCUT2D eigenvalue weighted by molar-refractivity contribution is 0.251. The molecule has 2 amide bonds. The molecule has 0 saturated heterocycles. The van der Waals surface area contributed by atoms with E-state index in [-0.39, 0.29) is 28.3 Å². The third-order valence-electron chi connectivity index (χ3n) is 5.29. The standard InChI is InChI=1S/C21H27ClN4O3S/c1-14-10-15(2)20(19(22)11-14)26-30(28,29)18-7-5-17(6-8-18)25-21(27)24-13-16-4-3-9-23-12-16/h3-9,12,14-15,19-20,26H,10-11,13H2,1-2H3,(H2,24,25,27). The van der Waals surface area contributed by atoms with E-state index >= 15 is 0 Å². The molecule has 7 nitrogen and oxygen atoms in total. The molecule has 162 valence electrons. The van der Waals surface area contributed by atoms with Crippen LogP contribution in [0.3, 0.4) is 0 Å². The molecule has 1 aliphatic rings. The topological polar surface area (TPSA) is 100 Å². The van der Waals surface area contributed by atoms with Crippen molar-refractivity contribution in [3.63, 3.8) is 0 Å². The van der Waals surface area contributed by atoms with Gasteiger partial charge in [0, 0.05) is 30.7 Å². The monoisotopic (exact) mass is 450 g/mol. The highest BCUT2D eigenvalue weighted by atomic mass is 35.5. The predicted octanol–water partition coefficient (Wildman–Crippen LogP) is 3.72. The number of carbonyl (C=O) groups excluding carboxylic acids is 1. The van der Waals surface area contributed by atoms with Gasteiger partial charge in [0.1, 0.15) is 0 Å². The molecule has 4 unspecified atom stereocenters. The van der Waals surface area contributed by atoms with Gasteiger partial charge in [0.05, 0.1) is 10.3 Å². The quantitative estimate of drug-likeness (QED) is 0.584. The minimum atomic E-state index is -3.70. The third kappa shape index (κ3) is 5.93. The van der Waals surface area contributed by atoms with Crippen molar-refractivity contribution in [1.29, 1.82) is 0 Å². The minimum absolute atomic E-state index is 0.138. The average molecular weight is 451 g/mol. The maximum Gasteiger partial charge on any atom is 0.319 e. The summed E-state index contributed by atoms with van der Waals surface area (Å²) in [7, 11) is -3.70. The molecule has 0 spiro atoms. The molecule has 1 aromatic heterocycles. The number of alkyl halides is 1. The van der Waals surface area contributed by atoms with Crippen LogP contribution in [0.2, 0.25) is 0 Å². The minimum Gasteiger partial charge on any atom is -0.334 e. The van der Waals surface area contributed by atoms with E-state index in [1.54, 1.807) is 30.6 Å². The number of nitrogens with one attached hydrogen (secondary N) is 3. The van der Waals surface area contributed by atoms with Crippen LogP contribution in [0.5, 0.6) is 0 Å². The fraction of sp³-hybridized carbons (Fsp3) is 0.429. The highest BCUT2D eigenvalue weighted by Gasteiger charge is 2.35. The maximum absolute atomic E-state index is 12.8. The van der Waals surface area contributed by atoms with E-state index in [0.717, 1.165) is 18.4 Å². The van der Waals surface area contributed by atoms with Crippen molar-refractivity contribution < 1.29 is 13.2 Å². The Balaban J connectivity index is 1.58. The van der Waals surface area contributed by atoms with Crippen LogP contribution in [0.1, 0.15) is 32.3 Å². The number of hydrogen-bond acceptors (Lipinski definition) is 4. The van der Waals surface area contributed by atoms with Crippen LogP contribution in [-0.2, 0) is 16.6 Å². The van der Waals surface area contributed by atoms with Gasteiger partial charge in [-0.2, -0.15) is 0 Å². The first-order chi connectivity index (χ1) is 14.2. The van der Waals surface area contributed by atoms with Gasteiger partial charge in [-0.3, -0.25) is 4.98 Å². The van der Waals surface area contributed by atoms with Gasteiger partial charge in [0.25, 0.3) is 0 Å². The Morgan fingerprint density at radius 1 is 1.17 bits per heavy atom. The summed E-state index contributed by atoms with van der Waals surface area (Å²) in [5.41, 5.74) is 1.37. The van der Waals surface area contributed by atoms with Crippen molar-refractivity contribution in [2.45, 2.75) is 49.5 Å². The number of benzene rings is 1. The summed E-state index contributed by atoms with van der Waals surface area (Å²) in [4.78, 5) is 16.2. The third-order valence-corrected chi connectivity index (χ3v) is 7.22. The van der Waals surface area contributed by atoms with Crippen LogP contribution in [-0.4, -0.2) is 30.9 Å². The number of sulfonamides is 1. The van der Waals surface area contributed by atoms with Crippen molar-refractivity contribution in [2.75, 3.05) is 5.32 Å². The fourth-order valence-corrected chi connectivity index (χ4v) is 5.86. The number of pyridine rings is 1. The Labute approximate surface area is 182 Å². The van der Waals surface area contributed by atoms with Crippen molar-refractivity contribution >= 4 is 33.3 Å². The first kappa shape index (κ1) is 22.5. The van der Waals surface area contributed by atoms with Crippen molar-refractivity contribution in [1.82, 2.24) is 15.0 Å². The maximum atomic E-state index is 12.8. The number of aromatic nitrogens is 1. The zero-order valence-corrected chi connectivity index (χ0v) is 18.6. The predicted molar refractivity (Wildman–Crippen MR) is 118 cm³/mol. The number of amides is 2. The molecular weight excluding hydrogens is 424 g/mol. The average Bonchev–Trinajstić information content (AvgIpc) is 2.70. The van der Waals surface area contributed by atoms with Crippen molar-refractivity contribution in [3.05, 3.63) is 54.4 Å². The van der Waals surface area contributed by atoms with E-state index in [1.165, 1.54) is 12.1 Å². The number of halogens is 1. The molecule has 1 saturated carbocycles. The molecule has 4 atom stereocenters. The summed E-state index contributed by atoms with van der Waals surface area (Å²) in [6.45, 7) is 4.50. The Kier molecular flexibility index (Phi) is 7.33. The van der Waals surface area contributed by atoms with Crippen LogP contribution in [0.15, 0.2) is 53.7 Å². The Bertz CT molecular complexity index is 942. The summed E-state index contributed by atoms with van der Waals surface area (Å²) in [6.07, 6.45) is 5.06. The molecule has 0 radical (unpaired) electrons. The first-order valence-electron chi connectivity index (χ1n) is 9.95. The molecule has 3 N–H and O–H groups in total. The Hall–Kier alpha value is -2.16. The molecule has 1 aromatic carbocycles. The van der Waals surface area contributed by atoms with Crippen molar-refractivity contribution in [2.24, 2.45) is 11.8 Å². The lowest BCUT2D eigenvalue weighted by Crippen LogP contribution is -2.48.